The molecule has 0 spiro atoms. The number of hydrogen-bond donors (Lipinski definition) is 2. The van der Waals surface area contributed by atoms with Crippen LogP contribution in [0, 0.1) is 13.8 Å². The van der Waals surface area contributed by atoms with E-state index in [0.29, 0.717) is 16.0 Å². The number of aromatic nitrogens is 2. The first kappa shape index (κ1) is 17.8. The van der Waals surface area contributed by atoms with Crippen molar-refractivity contribution in [1.29, 1.82) is 0 Å². The molecule has 2 heterocycles. The molecule has 0 saturated carbocycles. The van der Waals surface area contributed by atoms with Gasteiger partial charge >= 0.3 is 5.97 Å². The summed E-state index contributed by atoms with van der Waals surface area (Å²) in [6, 6.07) is 6.16. The lowest BCUT2D eigenvalue weighted by atomic mass is 10.1. The van der Waals surface area contributed by atoms with E-state index in [1.807, 2.05) is 19.1 Å². The zero-order valence-corrected chi connectivity index (χ0v) is 15.3. The Balaban J connectivity index is 2.49. The van der Waals surface area contributed by atoms with Crippen molar-refractivity contribution < 1.29 is 14.7 Å². The number of nitrogens with zero attached hydrogens (tertiary/aromatic N) is 2. The quantitative estimate of drug-likeness (QED) is 0.731. The van der Waals surface area contributed by atoms with Gasteiger partial charge in [-0.2, -0.15) is 0 Å². The second kappa shape index (κ2) is 6.38. The third-order valence-corrected chi connectivity index (χ3v) is 5.55. The zero-order chi connectivity index (χ0) is 19.2. The molecule has 2 aromatic heterocycles. The molecule has 3 N–H and O–H groups in total. The smallest absolute Gasteiger partial charge is 0.326 e. The molecule has 1 unspecified atom stereocenters. The highest BCUT2D eigenvalue weighted by atomic mass is 32.1. The highest BCUT2D eigenvalue weighted by Gasteiger charge is 2.26. The predicted octanol–water partition coefficient (Wildman–Crippen LogP) is 2.49. The van der Waals surface area contributed by atoms with Gasteiger partial charge in [0.05, 0.1) is 10.3 Å². The largest absolute Gasteiger partial charge is 0.480 e. The van der Waals surface area contributed by atoms with E-state index >= 15 is 0 Å². The maximum Gasteiger partial charge on any atom is 0.326 e. The first-order valence-electron chi connectivity index (χ1n) is 7.88. The van der Waals surface area contributed by atoms with Gasteiger partial charge in [0.15, 0.2) is 0 Å². The van der Waals surface area contributed by atoms with Crippen LogP contribution < -0.4 is 11.3 Å². The van der Waals surface area contributed by atoms with Crippen molar-refractivity contribution in [2.24, 2.45) is 5.73 Å². The fourth-order valence-corrected chi connectivity index (χ4v) is 3.94. The van der Waals surface area contributed by atoms with Gasteiger partial charge in [-0.1, -0.05) is 24.3 Å². The van der Waals surface area contributed by atoms with Crippen LogP contribution in [-0.2, 0) is 4.79 Å². The van der Waals surface area contributed by atoms with Crippen molar-refractivity contribution in [2.45, 2.75) is 26.8 Å². The van der Waals surface area contributed by atoms with Gasteiger partial charge in [0.1, 0.15) is 16.7 Å². The summed E-state index contributed by atoms with van der Waals surface area (Å²) in [7, 11) is 0. The lowest BCUT2D eigenvalue weighted by Gasteiger charge is -2.17. The van der Waals surface area contributed by atoms with E-state index in [0.717, 1.165) is 21.5 Å². The molecule has 1 aromatic carbocycles. The molecule has 3 aromatic rings. The molecule has 26 heavy (non-hydrogen) atoms. The van der Waals surface area contributed by atoms with Gasteiger partial charge in [0.2, 0.25) is 0 Å². The Morgan fingerprint density at radius 1 is 1.27 bits per heavy atom. The summed E-state index contributed by atoms with van der Waals surface area (Å²) >= 11 is 1.04. The third kappa shape index (κ3) is 2.68. The number of benzene rings is 1. The molecule has 7 nitrogen and oxygen atoms in total. The van der Waals surface area contributed by atoms with Crippen LogP contribution in [0.2, 0.25) is 0 Å². The normalized spacial score (nSPS) is 12.3. The van der Waals surface area contributed by atoms with E-state index in [2.05, 4.69) is 4.98 Å². The molecule has 0 aliphatic heterocycles. The Bertz CT molecular complexity index is 1110. The van der Waals surface area contributed by atoms with E-state index in [-0.39, 0.29) is 16.1 Å². The van der Waals surface area contributed by atoms with Gasteiger partial charge in [0.25, 0.3) is 11.5 Å². The number of thiophene rings is 1. The molecular formula is C18H17N3O4S. The molecule has 0 aliphatic rings. The molecule has 8 heteroatoms. The number of rotatable bonds is 4. The van der Waals surface area contributed by atoms with Crippen LogP contribution in [0.15, 0.2) is 29.1 Å². The lowest BCUT2D eigenvalue weighted by molar-refractivity contribution is -0.140. The number of fused-ring (bicyclic) bond motifs is 1. The Kier molecular flexibility index (Phi) is 4.37. The zero-order valence-electron chi connectivity index (χ0n) is 14.4. The van der Waals surface area contributed by atoms with Crippen LogP contribution in [0.1, 0.15) is 33.8 Å². The first-order chi connectivity index (χ1) is 12.2. The Labute approximate surface area is 152 Å². The first-order valence-corrected chi connectivity index (χ1v) is 8.70. The Hall–Kier alpha value is -3.00. The van der Waals surface area contributed by atoms with Gasteiger partial charge in [0, 0.05) is 5.56 Å². The number of nitrogens with two attached hydrogens (primary N) is 1. The van der Waals surface area contributed by atoms with E-state index < -0.39 is 23.5 Å². The van der Waals surface area contributed by atoms with Crippen molar-refractivity contribution >= 4 is 33.4 Å². The number of carboxylic acid groups (broad SMARTS) is 1. The average Bonchev–Trinajstić information content (AvgIpc) is 2.91. The highest BCUT2D eigenvalue weighted by molar-refractivity contribution is 7.20. The molecule has 1 amide bonds. The van der Waals surface area contributed by atoms with Gasteiger partial charge in [-0.15, -0.1) is 11.3 Å². The van der Waals surface area contributed by atoms with Crippen LogP contribution in [0.5, 0.6) is 0 Å². The fraction of sp³-hybridized carbons (Fsp3) is 0.222. The maximum absolute atomic E-state index is 13.2. The Morgan fingerprint density at radius 3 is 2.50 bits per heavy atom. The number of carboxylic acids is 1. The van der Waals surface area contributed by atoms with E-state index in [4.69, 9.17) is 5.73 Å². The summed E-state index contributed by atoms with van der Waals surface area (Å²) in [5.74, 6) is -1.53. The minimum atomic E-state index is -1.15. The van der Waals surface area contributed by atoms with E-state index in [1.54, 1.807) is 19.1 Å². The van der Waals surface area contributed by atoms with Gasteiger partial charge in [-0.05, 0) is 31.9 Å². The van der Waals surface area contributed by atoms with Crippen molar-refractivity contribution in [3.63, 3.8) is 0 Å². The highest BCUT2D eigenvalue weighted by Crippen LogP contribution is 2.31. The molecule has 0 aliphatic carbocycles. The minimum Gasteiger partial charge on any atom is -0.480 e. The number of aliphatic carboxylic acids is 1. The van der Waals surface area contributed by atoms with Crippen molar-refractivity contribution in [3.05, 3.63) is 50.6 Å². The molecule has 0 radical (unpaired) electrons. The van der Waals surface area contributed by atoms with Crippen molar-refractivity contribution in [2.75, 3.05) is 0 Å². The van der Waals surface area contributed by atoms with E-state index in [9.17, 15) is 19.5 Å². The topological polar surface area (TPSA) is 115 Å². The number of amides is 1. The average molecular weight is 371 g/mol. The molecule has 0 fully saturated rings. The van der Waals surface area contributed by atoms with Crippen LogP contribution in [0.25, 0.3) is 21.6 Å². The van der Waals surface area contributed by atoms with Crippen LogP contribution in [-0.4, -0.2) is 26.5 Å². The summed E-state index contributed by atoms with van der Waals surface area (Å²) in [6.07, 6.45) is 0. The number of carbonyl (C=O) groups excluding carboxylic acids is 1. The second-order valence-corrected chi connectivity index (χ2v) is 7.04. The summed E-state index contributed by atoms with van der Waals surface area (Å²) < 4.78 is 1.16. The van der Waals surface area contributed by atoms with Gasteiger partial charge < -0.3 is 10.8 Å². The number of carbonyl (C=O) groups is 2. The number of aryl methyl sites for hydroxylation is 2. The van der Waals surface area contributed by atoms with E-state index in [1.165, 1.54) is 6.92 Å². The molecule has 0 saturated heterocycles. The SMILES string of the molecule is Cc1ccccc1-c1nc2sc(C(N)=O)c(C)c2c(=O)n1C(C)C(=O)O. The fourth-order valence-electron chi connectivity index (χ4n) is 2.91. The molecule has 134 valence electrons. The standard InChI is InChI=1S/C18H17N3O4S/c1-8-6-4-5-7-11(8)15-20-16-12(9(2)13(26-16)14(19)22)17(23)21(15)10(3)18(24)25/h4-7,10H,1-3H3,(H2,19,22)(H,24,25). The summed E-state index contributed by atoms with van der Waals surface area (Å²) in [4.78, 5) is 41.6. The summed E-state index contributed by atoms with van der Waals surface area (Å²) in [5, 5.41) is 9.71. The molecule has 1 atom stereocenters. The lowest BCUT2D eigenvalue weighted by Crippen LogP contribution is -2.30. The predicted molar refractivity (Wildman–Crippen MR) is 99.7 cm³/mol. The van der Waals surface area contributed by atoms with Crippen LogP contribution >= 0.6 is 11.3 Å². The minimum absolute atomic E-state index is 0.231. The summed E-state index contributed by atoms with van der Waals surface area (Å²) in [5.41, 5.74) is 6.83. The third-order valence-electron chi connectivity index (χ3n) is 4.35. The number of primary amides is 1. The van der Waals surface area contributed by atoms with Crippen molar-refractivity contribution in [3.8, 4) is 11.4 Å². The summed E-state index contributed by atoms with van der Waals surface area (Å²) in [6.45, 7) is 4.90. The number of hydrogen-bond acceptors (Lipinski definition) is 5. The monoisotopic (exact) mass is 371 g/mol. The molecule has 3 rings (SSSR count). The second-order valence-electron chi connectivity index (χ2n) is 6.04. The maximum atomic E-state index is 13.2. The molecular weight excluding hydrogens is 354 g/mol. The molecule has 0 bridgehead atoms. The van der Waals surface area contributed by atoms with Crippen LogP contribution in [0.4, 0.5) is 0 Å². The van der Waals surface area contributed by atoms with Gasteiger partial charge in [-0.3, -0.25) is 14.2 Å². The van der Waals surface area contributed by atoms with Gasteiger partial charge in [-0.25, -0.2) is 9.78 Å². The Morgan fingerprint density at radius 2 is 1.92 bits per heavy atom. The van der Waals surface area contributed by atoms with Crippen molar-refractivity contribution in [1.82, 2.24) is 9.55 Å². The van der Waals surface area contributed by atoms with Crippen LogP contribution in [0.3, 0.4) is 0 Å².